The van der Waals surface area contributed by atoms with Gasteiger partial charge in [-0.15, -0.1) is 0 Å². The molecule has 166 valence electrons. The summed E-state index contributed by atoms with van der Waals surface area (Å²) in [6.07, 6.45) is 16.5. The van der Waals surface area contributed by atoms with Crippen LogP contribution in [0, 0.1) is 46.3 Å². The zero-order valence-electron chi connectivity index (χ0n) is 19.5. The second kappa shape index (κ2) is 8.30. The highest BCUT2D eigenvalue weighted by Gasteiger charge is 2.57. The third-order valence-electron chi connectivity index (χ3n) is 10.5. The molecule has 0 saturated heterocycles. The van der Waals surface area contributed by atoms with Gasteiger partial charge in [-0.05, 0) is 104 Å². The normalized spacial score (nSPS) is 46.3. The van der Waals surface area contributed by atoms with E-state index in [1.54, 1.807) is 0 Å². The summed E-state index contributed by atoms with van der Waals surface area (Å²) in [5.74, 6) is 4.48. The first-order valence-electron chi connectivity index (χ1n) is 12.8. The Labute approximate surface area is 179 Å². The first kappa shape index (κ1) is 21.9. The van der Waals surface area contributed by atoms with Gasteiger partial charge in [-0.3, -0.25) is 0 Å². The van der Waals surface area contributed by atoms with Gasteiger partial charge in [0, 0.05) is 6.61 Å². The first-order chi connectivity index (χ1) is 13.8. The fourth-order valence-electron chi connectivity index (χ4n) is 8.54. The quantitative estimate of drug-likeness (QED) is 0.507. The van der Waals surface area contributed by atoms with Gasteiger partial charge in [-0.2, -0.15) is 0 Å². The number of rotatable bonds is 6. The Morgan fingerprint density at radius 2 is 1.86 bits per heavy atom. The number of aliphatic hydroxyl groups excluding tert-OH is 2. The molecular weight excluding hydrogens is 356 g/mol. The van der Waals surface area contributed by atoms with Crippen LogP contribution in [0.5, 0.6) is 0 Å². The smallest absolute Gasteiger partial charge is 0.0543 e. The molecule has 2 heteroatoms. The van der Waals surface area contributed by atoms with Gasteiger partial charge in [-0.1, -0.05) is 52.2 Å². The lowest BCUT2D eigenvalue weighted by molar-refractivity contribution is -0.0859. The van der Waals surface area contributed by atoms with Crippen LogP contribution in [0.4, 0.5) is 0 Å². The Bertz CT molecular complexity index is 612. The van der Waals surface area contributed by atoms with Crippen molar-refractivity contribution >= 4 is 0 Å². The number of hydrogen-bond acceptors (Lipinski definition) is 2. The topological polar surface area (TPSA) is 40.5 Å². The Kier molecular flexibility index (Phi) is 6.26. The average molecular weight is 403 g/mol. The summed E-state index contributed by atoms with van der Waals surface area (Å²) in [6.45, 7) is 10.2. The van der Waals surface area contributed by atoms with Crippen molar-refractivity contribution in [2.45, 2.75) is 104 Å². The molecule has 3 saturated carbocycles. The Morgan fingerprint density at radius 1 is 1.07 bits per heavy atom. The molecule has 0 spiro atoms. The fourth-order valence-corrected chi connectivity index (χ4v) is 8.54. The number of hydrogen-bond donors (Lipinski definition) is 2. The lowest BCUT2D eigenvalue weighted by Gasteiger charge is -2.60. The van der Waals surface area contributed by atoms with Crippen molar-refractivity contribution in [3.8, 4) is 0 Å². The van der Waals surface area contributed by atoms with Crippen LogP contribution in [-0.4, -0.2) is 22.9 Å². The second-order valence-corrected chi connectivity index (χ2v) is 12.1. The van der Waals surface area contributed by atoms with E-state index in [1.807, 2.05) is 5.57 Å². The summed E-state index contributed by atoms with van der Waals surface area (Å²) in [5.41, 5.74) is 2.75. The van der Waals surface area contributed by atoms with E-state index in [2.05, 4.69) is 33.8 Å². The third-order valence-corrected chi connectivity index (χ3v) is 10.5. The van der Waals surface area contributed by atoms with Crippen LogP contribution in [0.2, 0.25) is 0 Å². The minimum absolute atomic E-state index is 0.0389. The van der Waals surface area contributed by atoms with Gasteiger partial charge in [0.2, 0.25) is 0 Å². The van der Waals surface area contributed by atoms with Crippen molar-refractivity contribution in [2.24, 2.45) is 46.3 Å². The summed E-state index contributed by atoms with van der Waals surface area (Å²) >= 11 is 0. The monoisotopic (exact) mass is 402 g/mol. The minimum atomic E-state index is -0.0389. The Balaban J connectivity index is 1.44. The molecule has 0 radical (unpaired) electrons. The lowest BCUT2D eigenvalue weighted by Crippen LogP contribution is -2.52. The number of aliphatic hydroxyl groups is 2. The highest BCUT2D eigenvalue weighted by molar-refractivity contribution is 5.30. The van der Waals surface area contributed by atoms with Gasteiger partial charge in [0.25, 0.3) is 0 Å². The molecule has 29 heavy (non-hydrogen) atoms. The van der Waals surface area contributed by atoms with Gasteiger partial charge in [-0.25, -0.2) is 0 Å². The summed E-state index contributed by atoms with van der Waals surface area (Å²) in [6, 6.07) is 0. The maximum Gasteiger partial charge on any atom is 0.0543 e. The maximum absolute atomic E-state index is 10.2. The number of allylic oxidation sites excluding steroid dienone is 2. The molecule has 2 nitrogen and oxygen atoms in total. The highest BCUT2D eigenvalue weighted by Crippen LogP contribution is 2.66. The standard InChI is InChI=1S/C27H46O2/c1-18(17-28)6-5-7-19(2)23-10-11-24-22-9-8-20-16-21(29)12-14-26(20,3)25(22)13-15-27(23,24)4/h11,18-23,25,28-29H,5-10,12-17H2,1-4H3/t18-,19-,20+,21-,22+,23-,25+,26+,27-/m1/s1. The SMILES string of the molecule is C[C@@H](CO)CCC[C@@H](C)[C@H]1CC=C2[C@@H]3CC[C@H]4C[C@H](O)CC[C@]4(C)[C@H]3CC[C@@]21C. The van der Waals surface area contributed by atoms with E-state index in [-0.39, 0.29) is 6.10 Å². The average Bonchev–Trinajstić information content (AvgIpc) is 3.05. The summed E-state index contributed by atoms with van der Waals surface area (Å²) in [4.78, 5) is 0. The van der Waals surface area contributed by atoms with Crippen LogP contribution in [0.25, 0.3) is 0 Å². The predicted molar refractivity (Wildman–Crippen MR) is 120 cm³/mol. The second-order valence-electron chi connectivity index (χ2n) is 12.1. The van der Waals surface area contributed by atoms with E-state index in [9.17, 15) is 10.2 Å². The van der Waals surface area contributed by atoms with E-state index in [0.29, 0.717) is 23.4 Å². The van der Waals surface area contributed by atoms with Crippen molar-refractivity contribution in [1.82, 2.24) is 0 Å². The van der Waals surface area contributed by atoms with E-state index in [0.717, 1.165) is 42.4 Å². The van der Waals surface area contributed by atoms with Crippen LogP contribution in [0.15, 0.2) is 11.6 Å². The van der Waals surface area contributed by atoms with Crippen molar-refractivity contribution < 1.29 is 10.2 Å². The van der Waals surface area contributed by atoms with Crippen molar-refractivity contribution in [3.63, 3.8) is 0 Å². The molecule has 4 aliphatic carbocycles. The summed E-state index contributed by atoms with van der Waals surface area (Å²) in [7, 11) is 0. The number of fused-ring (bicyclic) bond motifs is 5. The van der Waals surface area contributed by atoms with Crippen LogP contribution in [-0.2, 0) is 0 Å². The molecule has 0 heterocycles. The molecule has 0 aromatic heterocycles. The van der Waals surface area contributed by atoms with Gasteiger partial charge in [0.15, 0.2) is 0 Å². The van der Waals surface area contributed by atoms with Crippen LogP contribution < -0.4 is 0 Å². The van der Waals surface area contributed by atoms with Crippen LogP contribution >= 0.6 is 0 Å². The molecule has 0 unspecified atom stereocenters. The molecule has 2 N–H and O–H groups in total. The molecule has 0 aromatic rings. The summed E-state index contributed by atoms with van der Waals surface area (Å²) in [5, 5.41) is 19.6. The molecule has 9 atom stereocenters. The van der Waals surface area contributed by atoms with Gasteiger partial charge < -0.3 is 10.2 Å². The van der Waals surface area contributed by atoms with Crippen molar-refractivity contribution in [3.05, 3.63) is 11.6 Å². The fraction of sp³-hybridized carbons (Fsp3) is 0.926. The molecule has 3 fully saturated rings. The molecule has 0 bridgehead atoms. The molecule has 4 rings (SSSR count). The third kappa shape index (κ3) is 3.75. The lowest BCUT2D eigenvalue weighted by atomic mass is 9.45. The first-order valence-corrected chi connectivity index (χ1v) is 12.8. The molecule has 0 aromatic carbocycles. The molecule has 0 aliphatic heterocycles. The van der Waals surface area contributed by atoms with Crippen molar-refractivity contribution in [2.75, 3.05) is 6.61 Å². The Hall–Kier alpha value is -0.340. The zero-order valence-corrected chi connectivity index (χ0v) is 19.5. The van der Waals surface area contributed by atoms with Gasteiger partial charge in [0.1, 0.15) is 0 Å². The van der Waals surface area contributed by atoms with Crippen LogP contribution in [0.1, 0.15) is 98.3 Å². The van der Waals surface area contributed by atoms with Crippen molar-refractivity contribution in [1.29, 1.82) is 0 Å². The Morgan fingerprint density at radius 3 is 2.62 bits per heavy atom. The largest absolute Gasteiger partial charge is 0.396 e. The zero-order chi connectivity index (χ0) is 20.8. The molecule has 4 aliphatic rings. The predicted octanol–water partition coefficient (Wildman–Crippen LogP) is 6.36. The minimum Gasteiger partial charge on any atom is -0.396 e. The van der Waals surface area contributed by atoms with E-state index in [1.165, 1.54) is 57.8 Å². The molecular formula is C27H46O2. The van der Waals surface area contributed by atoms with E-state index >= 15 is 0 Å². The van der Waals surface area contributed by atoms with Gasteiger partial charge >= 0.3 is 0 Å². The van der Waals surface area contributed by atoms with Gasteiger partial charge in [0.05, 0.1) is 6.10 Å². The van der Waals surface area contributed by atoms with E-state index in [4.69, 9.17) is 0 Å². The van der Waals surface area contributed by atoms with Crippen LogP contribution in [0.3, 0.4) is 0 Å². The summed E-state index contributed by atoms with van der Waals surface area (Å²) < 4.78 is 0. The van der Waals surface area contributed by atoms with E-state index < -0.39 is 0 Å². The highest BCUT2D eigenvalue weighted by atomic mass is 16.3. The molecule has 0 amide bonds. The maximum atomic E-state index is 10.2.